The number of piperazine rings is 1. The fourth-order valence-electron chi connectivity index (χ4n) is 2.35. The number of nitrogens with two attached hydrogens (primary N) is 1. The molecule has 1 aromatic rings. The Labute approximate surface area is 130 Å². The molecule has 0 unspecified atom stereocenters. The van der Waals surface area contributed by atoms with Gasteiger partial charge < -0.3 is 20.3 Å². The summed E-state index contributed by atoms with van der Waals surface area (Å²) in [6.07, 6.45) is 0.679. The van der Waals surface area contributed by atoms with Crippen LogP contribution in [0.2, 0.25) is 5.02 Å². The van der Waals surface area contributed by atoms with Crippen molar-refractivity contribution < 1.29 is 9.53 Å². The van der Waals surface area contributed by atoms with Crippen molar-refractivity contribution in [2.24, 2.45) is 5.73 Å². The van der Waals surface area contributed by atoms with E-state index in [-0.39, 0.29) is 12.5 Å². The van der Waals surface area contributed by atoms with Crippen LogP contribution in [0.25, 0.3) is 0 Å². The van der Waals surface area contributed by atoms with Crippen LogP contribution >= 0.6 is 11.6 Å². The molecule has 1 heterocycles. The quantitative estimate of drug-likeness (QED) is 0.881. The minimum Gasteiger partial charge on any atom is -0.482 e. The normalized spacial score (nSPS) is 16.0. The number of hydrogen-bond donors (Lipinski definition) is 1. The first-order valence-corrected chi connectivity index (χ1v) is 7.56. The monoisotopic (exact) mass is 311 g/mol. The highest BCUT2D eigenvalue weighted by molar-refractivity contribution is 6.32. The first kappa shape index (κ1) is 16.1. The van der Waals surface area contributed by atoms with Gasteiger partial charge in [0.05, 0.1) is 5.02 Å². The van der Waals surface area contributed by atoms with Crippen LogP contribution in [0.5, 0.6) is 5.75 Å². The van der Waals surface area contributed by atoms with Crippen LogP contribution in [0.3, 0.4) is 0 Å². The topological polar surface area (TPSA) is 58.8 Å². The molecule has 0 spiro atoms. The molecule has 2 N–H and O–H groups in total. The van der Waals surface area contributed by atoms with Crippen molar-refractivity contribution in [2.75, 3.05) is 46.4 Å². The second kappa shape index (κ2) is 7.64. The smallest absolute Gasteiger partial charge is 0.260 e. The zero-order valence-electron chi connectivity index (χ0n) is 12.3. The summed E-state index contributed by atoms with van der Waals surface area (Å²) >= 11 is 6.16. The molecule has 1 amide bonds. The van der Waals surface area contributed by atoms with E-state index < -0.39 is 0 Å². The predicted molar refractivity (Wildman–Crippen MR) is 83.8 cm³/mol. The molecular weight excluding hydrogens is 290 g/mol. The summed E-state index contributed by atoms with van der Waals surface area (Å²) in [6, 6.07) is 5.55. The summed E-state index contributed by atoms with van der Waals surface area (Å²) in [7, 11) is 2.06. The Balaban J connectivity index is 1.95. The highest BCUT2D eigenvalue weighted by Gasteiger charge is 2.20. The van der Waals surface area contributed by atoms with Gasteiger partial charge in [-0.05, 0) is 31.6 Å². The van der Waals surface area contributed by atoms with Gasteiger partial charge in [-0.1, -0.05) is 23.7 Å². The van der Waals surface area contributed by atoms with E-state index in [4.69, 9.17) is 22.1 Å². The van der Waals surface area contributed by atoms with Crippen molar-refractivity contribution >= 4 is 17.5 Å². The standard InChI is InChI=1S/C15H22ClN3O2/c1-18-7-9-19(10-8-18)14(20)11-21-15-12(5-6-17)3-2-4-13(15)16/h2-4H,5-11,17H2,1H3. The van der Waals surface area contributed by atoms with Gasteiger partial charge >= 0.3 is 0 Å². The molecular formula is C15H22ClN3O2. The van der Waals surface area contributed by atoms with E-state index >= 15 is 0 Å². The van der Waals surface area contributed by atoms with E-state index in [0.29, 0.717) is 23.7 Å². The molecule has 116 valence electrons. The van der Waals surface area contributed by atoms with Gasteiger partial charge in [-0.3, -0.25) is 4.79 Å². The molecule has 1 aromatic carbocycles. The lowest BCUT2D eigenvalue weighted by molar-refractivity contribution is -0.134. The van der Waals surface area contributed by atoms with Gasteiger partial charge in [0.25, 0.3) is 5.91 Å². The minimum absolute atomic E-state index is 0.00159. The number of nitrogens with zero attached hydrogens (tertiary/aromatic N) is 2. The van der Waals surface area contributed by atoms with Gasteiger partial charge in [0.1, 0.15) is 5.75 Å². The third-order valence-corrected chi connectivity index (χ3v) is 3.96. The molecule has 0 bridgehead atoms. The zero-order chi connectivity index (χ0) is 15.2. The van der Waals surface area contributed by atoms with Crippen molar-refractivity contribution in [3.8, 4) is 5.75 Å². The van der Waals surface area contributed by atoms with E-state index in [9.17, 15) is 4.79 Å². The number of halogens is 1. The highest BCUT2D eigenvalue weighted by Crippen LogP contribution is 2.28. The van der Waals surface area contributed by atoms with Crippen LogP contribution in [0.4, 0.5) is 0 Å². The van der Waals surface area contributed by atoms with Crippen LogP contribution in [0.1, 0.15) is 5.56 Å². The molecule has 0 aromatic heterocycles. The van der Waals surface area contributed by atoms with Crippen molar-refractivity contribution in [1.29, 1.82) is 0 Å². The Morgan fingerprint density at radius 2 is 2.05 bits per heavy atom. The van der Waals surface area contributed by atoms with Gasteiger partial charge in [-0.15, -0.1) is 0 Å². The van der Waals surface area contributed by atoms with Crippen LogP contribution in [0.15, 0.2) is 18.2 Å². The lowest BCUT2D eigenvalue weighted by atomic mass is 10.1. The first-order valence-electron chi connectivity index (χ1n) is 7.18. The fourth-order valence-corrected chi connectivity index (χ4v) is 2.60. The lowest BCUT2D eigenvalue weighted by Gasteiger charge is -2.32. The molecule has 0 radical (unpaired) electrons. The molecule has 0 aliphatic carbocycles. The number of carbonyl (C=O) groups excluding carboxylic acids is 1. The van der Waals surface area contributed by atoms with Crippen molar-refractivity contribution in [3.05, 3.63) is 28.8 Å². The summed E-state index contributed by atoms with van der Waals surface area (Å²) in [5, 5.41) is 0.520. The fraction of sp³-hybridized carbons (Fsp3) is 0.533. The maximum Gasteiger partial charge on any atom is 0.260 e. The van der Waals surface area contributed by atoms with Gasteiger partial charge in [-0.2, -0.15) is 0 Å². The number of benzene rings is 1. The van der Waals surface area contributed by atoms with E-state index in [1.54, 1.807) is 6.07 Å². The molecule has 5 nitrogen and oxygen atoms in total. The van der Waals surface area contributed by atoms with Crippen molar-refractivity contribution in [1.82, 2.24) is 9.80 Å². The number of para-hydroxylation sites is 1. The van der Waals surface area contributed by atoms with Gasteiger partial charge in [0.15, 0.2) is 6.61 Å². The molecule has 1 saturated heterocycles. The van der Waals surface area contributed by atoms with Gasteiger partial charge in [0.2, 0.25) is 0 Å². The largest absolute Gasteiger partial charge is 0.482 e. The highest BCUT2D eigenvalue weighted by atomic mass is 35.5. The van der Waals surface area contributed by atoms with E-state index in [0.717, 1.165) is 31.7 Å². The summed E-state index contributed by atoms with van der Waals surface area (Å²) in [5.41, 5.74) is 6.53. The van der Waals surface area contributed by atoms with E-state index in [1.165, 1.54) is 0 Å². The Kier molecular flexibility index (Phi) is 5.85. The molecule has 0 atom stereocenters. The summed E-state index contributed by atoms with van der Waals surface area (Å²) in [4.78, 5) is 16.2. The average Bonchev–Trinajstić information content (AvgIpc) is 2.47. The molecule has 2 rings (SSSR count). The summed E-state index contributed by atoms with van der Waals surface area (Å²) in [6.45, 7) is 3.83. The maximum absolute atomic E-state index is 12.2. The lowest BCUT2D eigenvalue weighted by Crippen LogP contribution is -2.48. The zero-order valence-corrected chi connectivity index (χ0v) is 13.1. The van der Waals surface area contributed by atoms with E-state index in [2.05, 4.69) is 11.9 Å². The van der Waals surface area contributed by atoms with Crippen molar-refractivity contribution in [2.45, 2.75) is 6.42 Å². The Morgan fingerprint density at radius 3 is 2.71 bits per heavy atom. The number of likely N-dealkylation sites (N-methyl/N-ethyl adjacent to an activating group) is 1. The van der Waals surface area contributed by atoms with Crippen LogP contribution in [0, 0.1) is 0 Å². The Bertz CT molecular complexity index is 488. The number of amides is 1. The summed E-state index contributed by atoms with van der Waals surface area (Å²) < 4.78 is 5.67. The number of rotatable bonds is 5. The molecule has 0 saturated carbocycles. The Morgan fingerprint density at radius 1 is 1.33 bits per heavy atom. The second-order valence-electron chi connectivity index (χ2n) is 5.24. The van der Waals surface area contributed by atoms with Gasteiger partial charge in [-0.25, -0.2) is 0 Å². The first-order chi connectivity index (χ1) is 10.1. The SMILES string of the molecule is CN1CCN(C(=O)COc2c(Cl)cccc2CCN)CC1. The Hall–Kier alpha value is -1.30. The van der Waals surface area contributed by atoms with E-state index in [1.807, 2.05) is 17.0 Å². The number of carbonyl (C=O) groups is 1. The maximum atomic E-state index is 12.2. The van der Waals surface area contributed by atoms with Crippen molar-refractivity contribution in [3.63, 3.8) is 0 Å². The second-order valence-corrected chi connectivity index (χ2v) is 5.65. The molecule has 21 heavy (non-hydrogen) atoms. The number of ether oxygens (including phenoxy) is 1. The third kappa shape index (κ3) is 4.33. The third-order valence-electron chi connectivity index (χ3n) is 3.66. The van der Waals surface area contributed by atoms with Crippen LogP contribution in [-0.4, -0.2) is 62.1 Å². The molecule has 1 aliphatic rings. The number of hydrogen-bond acceptors (Lipinski definition) is 4. The molecule has 1 aliphatic heterocycles. The molecule has 6 heteroatoms. The van der Waals surface area contributed by atoms with Crippen LogP contribution < -0.4 is 10.5 Å². The van der Waals surface area contributed by atoms with Gasteiger partial charge in [0, 0.05) is 26.2 Å². The average molecular weight is 312 g/mol. The molecule has 1 fully saturated rings. The predicted octanol–water partition coefficient (Wildman–Crippen LogP) is 0.994. The summed E-state index contributed by atoms with van der Waals surface area (Å²) in [5.74, 6) is 0.578. The van der Waals surface area contributed by atoms with Crippen LogP contribution in [-0.2, 0) is 11.2 Å². The minimum atomic E-state index is 0.00159.